The van der Waals surface area contributed by atoms with Crippen LogP contribution >= 0.6 is 0 Å². The van der Waals surface area contributed by atoms with Crippen molar-refractivity contribution in [1.29, 1.82) is 0 Å². The van der Waals surface area contributed by atoms with Gasteiger partial charge in [-0.2, -0.15) is 0 Å². The fourth-order valence-corrected chi connectivity index (χ4v) is 2.83. The largest absolute Gasteiger partial charge is 0.375 e. The smallest absolute Gasteiger partial charge is 0.131 e. The Morgan fingerprint density at radius 2 is 1.91 bits per heavy atom. The third-order valence-corrected chi connectivity index (χ3v) is 3.96. The minimum atomic E-state index is -0.208. The standard InChI is InChI=1S/C19H23FN2/c1-5-10-18-19(14(4)22(6-2)7-3)16(13-21-18)15-11-8-9-12-17(15)20/h5,8-13,21H,1,6-7H2,2-4H3/b18-10+,19-14+. The number of H-pyrrole nitrogens is 1. The first-order valence-corrected chi connectivity index (χ1v) is 7.64. The Hall–Kier alpha value is -2.29. The lowest BCUT2D eigenvalue weighted by atomic mass is 10.1. The molecule has 1 aromatic carbocycles. The van der Waals surface area contributed by atoms with Crippen LogP contribution in [0.4, 0.5) is 4.39 Å². The highest BCUT2D eigenvalue weighted by Gasteiger charge is 2.11. The zero-order valence-electron chi connectivity index (χ0n) is 13.5. The first-order valence-electron chi connectivity index (χ1n) is 7.64. The quantitative estimate of drug-likeness (QED) is 0.898. The summed E-state index contributed by atoms with van der Waals surface area (Å²) in [6, 6.07) is 6.88. The van der Waals surface area contributed by atoms with Gasteiger partial charge in [-0.25, -0.2) is 4.39 Å². The van der Waals surface area contributed by atoms with E-state index in [2.05, 4.69) is 37.2 Å². The molecule has 0 saturated carbocycles. The van der Waals surface area contributed by atoms with Crippen LogP contribution in [0.5, 0.6) is 0 Å². The summed E-state index contributed by atoms with van der Waals surface area (Å²) in [5.41, 5.74) is 2.64. The van der Waals surface area contributed by atoms with E-state index in [9.17, 15) is 4.39 Å². The van der Waals surface area contributed by atoms with Crippen molar-refractivity contribution >= 4 is 11.8 Å². The SMILES string of the molecule is C=C/C=c1/[nH]cc(-c2ccccc2F)/c1=C(/C)N(CC)CC. The number of aromatic amines is 1. The molecule has 3 heteroatoms. The van der Waals surface area contributed by atoms with Crippen LogP contribution in [0.15, 0.2) is 43.1 Å². The van der Waals surface area contributed by atoms with Crippen LogP contribution in [0.2, 0.25) is 0 Å². The maximum atomic E-state index is 14.2. The van der Waals surface area contributed by atoms with Crippen LogP contribution in [0, 0.1) is 5.82 Å². The highest BCUT2D eigenvalue weighted by molar-refractivity contribution is 5.68. The van der Waals surface area contributed by atoms with Gasteiger partial charge in [0.15, 0.2) is 0 Å². The average molecular weight is 298 g/mol. The molecule has 2 aromatic rings. The summed E-state index contributed by atoms with van der Waals surface area (Å²) in [7, 11) is 0. The Kier molecular flexibility index (Phi) is 5.21. The number of hydrogen-bond acceptors (Lipinski definition) is 1. The molecule has 0 aliphatic heterocycles. The molecule has 1 N–H and O–H groups in total. The number of allylic oxidation sites excluding steroid dienone is 1. The molecule has 22 heavy (non-hydrogen) atoms. The van der Waals surface area contributed by atoms with Gasteiger partial charge in [0.1, 0.15) is 5.82 Å². The van der Waals surface area contributed by atoms with Gasteiger partial charge >= 0.3 is 0 Å². The molecule has 0 atom stereocenters. The summed E-state index contributed by atoms with van der Waals surface area (Å²) < 4.78 is 14.2. The molecule has 0 spiro atoms. The summed E-state index contributed by atoms with van der Waals surface area (Å²) >= 11 is 0. The predicted molar refractivity (Wildman–Crippen MR) is 92.1 cm³/mol. The predicted octanol–water partition coefficient (Wildman–Crippen LogP) is 3.26. The van der Waals surface area contributed by atoms with Crippen LogP contribution < -0.4 is 10.6 Å². The normalized spacial score (nSPS) is 13.2. The van der Waals surface area contributed by atoms with E-state index in [-0.39, 0.29) is 5.82 Å². The summed E-state index contributed by atoms with van der Waals surface area (Å²) in [4.78, 5) is 5.52. The Bertz CT molecular complexity index is 767. The molecular formula is C19H23FN2. The average Bonchev–Trinajstić information content (AvgIpc) is 2.92. The van der Waals surface area contributed by atoms with Gasteiger partial charge < -0.3 is 9.88 Å². The van der Waals surface area contributed by atoms with Gasteiger partial charge in [-0.3, -0.25) is 0 Å². The molecule has 0 bridgehead atoms. The molecular weight excluding hydrogens is 275 g/mol. The van der Waals surface area contributed by atoms with Crippen molar-refractivity contribution in [1.82, 2.24) is 9.88 Å². The third kappa shape index (κ3) is 2.98. The Morgan fingerprint density at radius 1 is 1.23 bits per heavy atom. The van der Waals surface area contributed by atoms with E-state index in [1.54, 1.807) is 12.1 Å². The van der Waals surface area contributed by atoms with E-state index >= 15 is 0 Å². The monoisotopic (exact) mass is 298 g/mol. The minimum absolute atomic E-state index is 0.208. The number of nitrogens with zero attached hydrogens (tertiary/aromatic N) is 1. The molecule has 0 radical (unpaired) electrons. The van der Waals surface area contributed by atoms with Crippen molar-refractivity contribution in [2.24, 2.45) is 0 Å². The van der Waals surface area contributed by atoms with Crippen LogP contribution in [-0.4, -0.2) is 23.0 Å². The molecule has 0 aliphatic carbocycles. The van der Waals surface area contributed by atoms with Crippen molar-refractivity contribution < 1.29 is 4.39 Å². The number of hydrogen-bond donors (Lipinski definition) is 1. The number of aromatic nitrogens is 1. The van der Waals surface area contributed by atoms with E-state index in [4.69, 9.17) is 0 Å². The second kappa shape index (κ2) is 7.12. The molecule has 0 saturated heterocycles. The number of halogens is 1. The molecule has 116 valence electrons. The van der Waals surface area contributed by atoms with E-state index < -0.39 is 0 Å². The fourth-order valence-electron chi connectivity index (χ4n) is 2.83. The maximum Gasteiger partial charge on any atom is 0.131 e. The van der Waals surface area contributed by atoms with Crippen LogP contribution in [0.1, 0.15) is 20.8 Å². The van der Waals surface area contributed by atoms with Crippen LogP contribution in [0.3, 0.4) is 0 Å². The van der Waals surface area contributed by atoms with Gasteiger partial charge in [-0.05, 0) is 32.9 Å². The van der Waals surface area contributed by atoms with Crippen LogP contribution in [0.25, 0.3) is 22.9 Å². The second-order valence-corrected chi connectivity index (χ2v) is 5.13. The second-order valence-electron chi connectivity index (χ2n) is 5.13. The van der Waals surface area contributed by atoms with Gasteiger partial charge in [0, 0.05) is 46.7 Å². The van der Waals surface area contributed by atoms with Crippen molar-refractivity contribution in [3.63, 3.8) is 0 Å². The van der Waals surface area contributed by atoms with Gasteiger partial charge in [-0.15, -0.1) is 0 Å². The van der Waals surface area contributed by atoms with Crippen LogP contribution in [-0.2, 0) is 0 Å². The highest BCUT2D eigenvalue weighted by atomic mass is 19.1. The molecule has 2 rings (SSSR count). The molecule has 2 nitrogen and oxygen atoms in total. The Balaban J connectivity index is 2.84. The van der Waals surface area contributed by atoms with Gasteiger partial charge in [0.05, 0.1) is 0 Å². The lowest BCUT2D eigenvalue weighted by Crippen LogP contribution is -2.33. The minimum Gasteiger partial charge on any atom is -0.375 e. The summed E-state index contributed by atoms with van der Waals surface area (Å²) in [6.45, 7) is 11.9. The summed E-state index contributed by atoms with van der Waals surface area (Å²) in [5.74, 6) is -0.208. The summed E-state index contributed by atoms with van der Waals surface area (Å²) in [5, 5.41) is 1.99. The van der Waals surface area contributed by atoms with Crippen molar-refractivity contribution in [3.05, 3.63) is 59.5 Å². The zero-order valence-corrected chi connectivity index (χ0v) is 13.5. The van der Waals surface area contributed by atoms with E-state index in [1.165, 1.54) is 6.07 Å². The van der Waals surface area contributed by atoms with E-state index in [0.29, 0.717) is 5.56 Å². The number of nitrogens with one attached hydrogen (secondary N) is 1. The van der Waals surface area contributed by atoms with E-state index in [0.717, 1.165) is 34.9 Å². The van der Waals surface area contributed by atoms with Crippen molar-refractivity contribution in [2.75, 3.05) is 13.1 Å². The van der Waals surface area contributed by atoms with Gasteiger partial charge in [0.2, 0.25) is 0 Å². The van der Waals surface area contributed by atoms with Gasteiger partial charge in [-0.1, -0.05) is 30.9 Å². The molecule has 1 aromatic heterocycles. The fraction of sp³-hybridized carbons (Fsp3) is 0.263. The molecule has 1 heterocycles. The molecule has 0 amide bonds. The zero-order chi connectivity index (χ0) is 16.1. The summed E-state index contributed by atoms with van der Waals surface area (Å²) in [6.07, 6.45) is 5.54. The lowest BCUT2D eigenvalue weighted by Gasteiger charge is -2.22. The number of rotatable bonds is 5. The lowest BCUT2D eigenvalue weighted by molar-refractivity contribution is 0.434. The first kappa shape index (κ1) is 16.1. The first-order chi connectivity index (χ1) is 10.6. The van der Waals surface area contributed by atoms with E-state index in [1.807, 2.05) is 24.4 Å². The number of benzene rings is 1. The third-order valence-electron chi connectivity index (χ3n) is 3.96. The maximum absolute atomic E-state index is 14.2. The topological polar surface area (TPSA) is 19.0 Å². The van der Waals surface area contributed by atoms with Gasteiger partial charge in [0.25, 0.3) is 0 Å². The molecule has 0 unspecified atom stereocenters. The Morgan fingerprint density at radius 3 is 2.50 bits per heavy atom. The molecule has 0 aliphatic rings. The molecule has 0 fully saturated rings. The Labute approximate surface area is 131 Å². The van der Waals surface area contributed by atoms with Crippen molar-refractivity contribution in [2.45, 2.75) is 20.8 Å². The van der Waals surface area contributed by atoms with Crippen molar-refractivity contribution in [3.8, 4) is 11.1 Å². The highest BCUT2D eigenvalue weighted by Crippen LogP contribution is 2.19.